The normalized spacial score (nSPS) is 18.8. The number of benzene rings is 2. The third kappa shape index (κ3) is 3.59. The van der Waals surface area contributed by atoms with E-state index >= 15 is 0 Å². The standard InChI is InChI=1S/C22H17F3N2O2S/c1-27-19(17-7-4-12-30-17)18(15-5-2-3-6-16(15)21(27)29)20(28)26-14-10-8-13(9-11-14)22(23,24)25/h2-12,18-19H,1H3,(H,26,28)/t18-,19+/m0/s1. The molecule has 0 saturated heterocycles. The van der Waals surface area contributed by atoms with Crippen LogP contribution in [0.1, 0.15) is 38.3 Å². The molecule has 4 nitrogen and oxygen atoms in total. The highest BCUT2D eigenvalue weighted by Crippen LogP contribution is 2.43. The molecule has 2 atom stereocenters. The summed E-state index contributed by atoms with van der Waals surface area (Å²) in [6, 6.07) is 14.4. The molecule has 154 valence electrons. The predicted molar refractivity (Wildman–Crippen MR) is 108 cm³/mol. The fraction of sp³-hybridized carbons (Fsp3) is 0.182. The second-order valence-electron chi connectivity index (χ2n) is 7.01. The van der Waals surface area contributed by atoms with Gasteiger partial charge in [0.15, 0.2) is 0 Å². The van der Waals surface area contributed by atoms with Crippen molar-refractivity contribution in [2.24, 2.45) is 0 Å². The summed E-state index contributed by atoms with van der Waals surface area (Å²) in [4.78, 5) is 28.6. The van der Waals surface area contributed by atoms with Gasteiger partial charge in [0.2, 0.25) is 5.91 Å². The van der Waals surface area contributed by atoms with Crippen molar-refractivity contribution >= 4 is 28.8 Å². The van der Waals surface area contributed by atoms with E-state index in [2.05, 4.69) is 5.32 Å². The second kappa shape index (κ2) is 7.60. The zero-order valence-electron chi connectivity index (χ0n) is 15.8. The van der Waals surface area contributed by atoms with Gasteiger partial charge in [-0.05, 0) is 47.3 Å². The van der Waals surface area contributed by atoms with Crippen LogP contribution in [0.15, 0.2) is 66.0 Å². The van der Waals surface area contributed by atoms with Gasteiger partial charge in [0.25, 0.3) is 5.91 Å². The molecule has 0 saturated carbocycles. The topological polar surface area (TPSA) is 49.4 Å². The van der Waals surface area contributed by atoms with Crippen LogP contribution in [-0.4, -0.2) is 23.8 Å². The third-order valence-electron chi connectivity index (χ3n) is 5.18. The van der Waals surface area contributed by atoms with E-state index in [-0.39, 0.29) is 17.5 Å². The Bertz CT molecular complexity index is 1080. The van der Waals surface area contributed by atoms with Gasteiger partial charge < -0.3 is 10.2 Å². The molecule has 8 heteroatoms. The van der Waals surface area contributed by atoms with E-state index in [1.54, 1.807) is 36.2 Å². The van der Waals surface area contributed by atoms with Gasteiger partial charge in [-0.1, -0.05) is 24.3 Å². The van der Waals surface area contributed by atoms with Crippen LogP contribution in [0.3, 0.4) is 0 Å². The lowest BCUT2D eigenvalue weighted by atomic mass is 9.81. The summed E-state index contributed by atoms with van der Waals surface area (Å²) in [5.41, 5.74) is 0.518. The van der Waals surface area contributed by atoms with E-state index < -0.39 is 23.7 Å². The molecule has 0 unspecified atom stereocenters. The van der Waals surface area contributed by atoms with Crippen LogP contribution in [0, 0.1) is 0 Å². The van der Waals surface area contributed by atoms with Crippen molar-refractivity contribution in [1.29, 1.82) is 0 Å². The molecule has 0 fully saturated rings. The van der Waals surface area contributed by atoms with Crippen LogP contribution in [0.5, 0.6) is 0 Å². The molecule has 2 aromatic carbocycles. The lowest BCUT2D eigenvalue weighted by Crippen LogP contribution is -2.43. The minimum Gasteiger partial charge on any atom is -0.333 e. The van der Waals surface area contributed by atoms with Gasteiger partial charge in [0.1, 0.15) is 0 Å². The summed E-state index contributed by atoms with van der Waals surface area (Å²) in [5.74, 6) is -1.27. The van der Waals surface area contributed by atoms with Crippen LogP contribution in [0.2, 0.25) is 0 Å². The van der Waals surface area contributed by atoms with Crippen LogP contribution < -0.4 is 5.32 Å². The fourth-order valence-electron chi connectivity index (χ4n) is 3.73. The van der Waals surface area contributed by atoms with Crippen molar-refractivity contribution in [3.63, 3.8) is 0 Å². The summed E-state index contributed by atoms with van der Waals surface area (Å²) in [7, 11) is 1.65. The molecule has 0 bridgehead atoms. The van der Waals surface area contributed by atoms with Gasteiger partial charge in [-0.3, -0.25) is 9.59 Å². The Hall–Kier alpha value is -3.13. The Balaban J connectivity index is 1.71. The average molecular weight is 430 g/mol. The number of hydrogen-bond donors (Lipinski definition) is 1. The number of nitrogens with zero attached hydrogens (tertiary/aromatic N) is 1. The summed E-state index contributed by atoms with van der Waals surface area (Å²) in [6.07, 6.45) is -4.45. The molecule has 3 aromatic rings. The summed E-state index contributed by atoms with van der Waals surface area (Å²) in [6.45, 7) is 0. The molecule has 1 aromatic heterocycles. The minimum atomic E-state index is -4.45. The summed E-state index contributed by atoms with van der Waals surface area (Å²) in [5, 5.41) is 4.59. The highest BCUT2D eigenvalue weighted by Gasteiger charge is 2.43. The molecule has 4 rings (SSSR count). The summed E-state index contributed by atoms with van der Waals surface area (Å²) < 4.78 is 38.4. The van der Waals surface area contributed by atoms with E-state index in [1.807, 2.05) is 17.5 Å². The van der Waals surface area contributed by atoms with Gasteiger partial charge in [-0.2, -0.15) is 13.2 Å². The van der Waals surface area contributed by atoms with Gasteiger partial charge in [0.05, 0.1) is 17.5 Å². The van der Waals surface area contributed by atoms with Crippen molar-refractivity contribution in [2.45, 2.75) is 18.1 Å². The first-order valence-corrected chi connectivity index (χ1v) is 10.0. The number of carbonyl (C=O) groups excluding carboxylic acids is 2. The van der Waals surface area contributed by atoms with E-state index in [1.165, 1.54) is 23.5 Å². The number of amides is 2. The monoisotopic (exact) mass is 430 g/mol. The first-order valence-electron chi connectivity index (χ1n) is 9.15. The summed E-state index contributed by atoms with van der Waals surface area (Å²) >= 11 is 1.44. The lowest BCUT2D eigenvalue weighted by Gasteiger charge is -2.39. The van der Waals surface area contributed by atoms with Crippen molar-refractivity contribution in [3.05, 3.63) is 87.6 Å². The van der Waals surface area contributed by atoms with E-state index in [4.69, 9.17) is 0 Å². The number of carbonyl (C=O) groups is 2. The Labute approximate surface area is 174 Å². The first kappa shape index (κ1) is 20.2. The molecular weight excluding hydrogens is 413 g/mol. The Morgan fingerprint density at radius 3 is 2.37 bits per heavy atom. The third-order valence-corrected chi connectivity index (χ3v) is 6.12. The molecule has 2 heterocycles. The maximum atomic E-state index is 13.3. The molecule has 2 amide bonds. The largest absolute Gasteiger partial charge is 0.416 e. The van der Waals surface area contributed by atoms with Crippen LogP contribution in [0.4, 0.5) is 18.9 Å². The minimum absolute atomic E-state index is 0.178. The van der Waals surface area contributed by atoms with Gasteiger partial charge >= 0.3 is 6.18 Å². The Kier molecular flexibility index (Phi) is 5.11. The number of hydrogen-bond acceptors (Lipinski definition) is 3. The number of thiophene rings is 1. The smallest absolute Gasteiger partial charge is 0.333 e. The zero-order valence-corrected chi connectivity index (χ0v) is 16.6. The number of fused-ring (bicyclic) bond motifs is 1. The van der Waals surface area contributed by atoms with E-state index in [0.29, 0.717) is 11.1 Å². The van der Waals surface area contributed by atoms with E-state index in [0.717, 1.165) is 17.0 Å². The number of nitrogens with one attached hydrogen (secondary N) is 1. The highest BCUT2D eigenvalue weighted by molar-refractivity contribution is 7.10. The number of likely N-dealkylation sites (N-methyl/N-ethyl adjacent to an activating group) is 1. The fourth-order valence-corrected chi connectivity index (χ4v) is 4.64. The molecular formula is C22H17F3N2O2S. The second-order valence-corrected chi connectivity index (χ2v) is 7.98. The number of rotatable bonds is 3. The SMILES string of the molecule is CN1C(=O)c2ccccc2[C@H](C(=O)Nc2ccc(C(F)(F)F)cc2)[C@H]1c1cccs1. The highest BCUT2D eigenvalue weighted by atomic mass is 32.1. The quantitative estimate of drug-likeness (QED) is 0.612. The number of anilines is 1. The van der Waals surface area contributed by atoms with Crippen LogP contribution >= 0.6 is 11.3 Å². The van der Waals surface area contributed by atoms with Crippen LogP contribution in [0.25, 0.3) is 0 Å². The van der Waals surface area contributed by atoms with Crippen molar-refractivity contribution < 1.29 is 22.8 Å². The molecule has 0 radical (unpaired) electrons. The zero-order chi connectivity index (χ0) is 21.5. The molecule has 1 N–H and O–H groups in total. The van der Waals surface area contributed by atoms with Crippen molar-refractivity contribution in [3.8, 4) is 0 Å². The van der Waals surface area contributed by atoms with Gasteiger partial charge in [-0.25, -0.2) is 0 Å². The average Bonchev–Trinajstić information content (AvgIpc) is 3.24. The predicted octanol–water partition coefficient (Wildman–Crippen LogP) is 5.32. The maximum absolute atomic E-state index is 13.3. The molecule has 1 aliphatic rings. The van der Waals surface area contributed by atoms with Gasteiger partial charge in [-0.15, -0.1) is 11.3 Å². The molecule has 0 spiro atoms. The first-order chi connectivity index (χ1) is 14.3. The van der Waals surface area contributed by atoms with Crippen molar-refractivity contribution in [2.75, 3.05) is 12.4 Å². The van der Waals surface area contributed by atoms with E-state index in [9.17, 15) is 22.8 Å². The molecule has 0 aliphatic carbocycles. The Morgan fingerprint density at radius 2 is 1.73 bits per heavy atom. The number of alkyl halides is 3. The lowest BCUT2D eigenvalue weighted by molar-refractivity contribution is -0.137. The maximum Gasteiger partial charge on any atom is 0.416 e. The number of halogens is 3. The molecule has 1 aliphatic heterocycles. The van der Waals surface area contributed by atoms with Crippen molar-refractivity contribution in [1.82, 2.24) is 4.90 Å². The Morgan fingerprint density at radius 1 is 1.03 bits per heavy atom. The van der Waals surface area contributed by atoms with Crippen LogP contribution in [-0.2, 0) is 11.0 Å². The molecule has 30 heavy (non-hydrogen) atoms. The van der Waals surface area contributed by atoms with Gasteiger partial charge in [0, 0.05) is 23.2 Å².